The van der Waals surface area contributed by atoms with Gasteiger partial charge in [-0.3, -0.25) is 4.79 Å². The summed E-state index contributed by atoms with van der Waals surface area (Å²) in [6, 6.07) is 13.5. The average molecular weight is 276 g/mol. The summed E-state index contributed by atoms with van der Waals surface area (Å²) in [5.41, 5.74) is 8.47. The van der Waals surface area contributed by atoms with Gasteiger partial charge in [-0.05, 0) is 42.8 Å². The van der Waals surface area contributed by atoms with Gasteiger partial charge in [-0.15, -0.1) is 0 Å². The summed E-state index contributed by atoms with van der Waals surface area (Å²) in [5, 5.41) is 20.5. The third-order valence-electron chi connectivity index (χ3n) is 2.97. The first-order chi connectivity index (χ1) is 10.0. The summed E-state index contributed by atoms with van der Waals surface area (Å²) < 4.78 is 0. The van der Waals surface area contributed by atoms with E-state index in [0.717, 1.165) is 5.56 Å². The van der Waals surface area contributed by atoms with E-state index in [1.54, 1.807) is 24.3 Å². The molecule has 0 bridgehead atoms. The highest BCUT2D eigenvalue weighted by molar-refractivity contribution is 6.07. The van der Waals surface area contributed by atoms with Crippen LogP contribution in [-0.4, -0.2) is 5.91 Å². The number of rotatable bonds is 2. The summed E-state index contributed by atoms with van der Waals surface area (Å²) >= 11 is 0. The zero-order valence-electron chi connectivity index (χ0n) is 11.3. The fraction of sp³-hybridized carbons (Fsp3) is 0.0625. The number of aryl methyl sites for hydroxylation is 1. The molecule has 0 heterocycles. The lowest BCUT2D eigenvalue weighted by Crippen LogP contribution is -2.14. The molecular weight excluding hydrogens is 264 g/mol. The Morgan fingerprint density at radius 3 is 2.43 bits per heavy atom. The molecule has 2 rings (SSSR count). The van der Waals surface area contributed by atoms with Crippen LogP contribution in [0.25, 0.3) is 0 Å². The van der Waals surface area contributed by atoms with Gasteiger partial charge < -0.3 is 11.1 Å². The highest BCUT2D eigenvalue weighted by Crippen LogP contribution is 2.18. The van der Waals surface area contributed by atoms with E-state index in [4.69, 9.17) is 16.3 Å². The molecule has 0 aliphatic rings. The fourth-order valence-corrected chi connectivity index (χ4v) is 1.90. The molecule has 102 valence electrons. The molecule has 0 radical (unpaired) electrons. The van der Waals surface area contributed by atoms with Gasteiger partial charge in [0.2, 0.25) is 0 Å². The Balaban J connectivity index is 2.28. The van der Waals surface area contributed by atoms with E-state index >= 15 is 0 Å². The third-order valence-corrected chi connectivity index (χ3v) is 2.97. The van der Waals surface area contributed by atoms with Crippen LogP contribution in [0.3, 0.4) is 0 Å². The second-order valence-corrected chi connectivity index (χ2v) is 4.53. The van der Waals surface area contributed by atoms with Gasteiger partial charge in [-0.1, -0.05) is 6.07 Å². The first-order valence-corrected chi connectivity index (χ1v) is 6.17. The maximum Gasteiger partial charge on any atom is 0.257 e. The molecule has 0 aliphatic heterocycles. The highest BCUT2D eigenvalue weighted by atomic mass is 16.1. The Kier molecular flexibility index (Phi) is 3.87. The van der Waals surface area contributed by atoms with E-state index in [2.05, 4.69) is 5.32 Å². The van der Waals surface area contributed by atoms with Crippen molar-refractivity contribution in [1.29, 1.82) is 10.5 Å². The van der Waals surface area contributed by atoms with E-state index in [-0.39, 0.29) is 17.0 Å². The summed E-state index contributed by atoms with van der Waals surface area (Å²) in [6.45, 7) is 1.89. The van der Waals surface area contributed by atoms with Gasteiger partial charge in [0.15, 0.2) is 0 Å². The van der Waals surface area contributed by atoms with Crippen molar-refractivity contribution in [3.05, 3.63) is 58.7 Å². The van der Waals surface area contributed by atoms with Gasteiger partial charge in [0, 0.05) is 11.4 Å². The first kappa shape index (κ1) is 14.1. The van der Waals surface area contributed by atoms with E-state index in [9.17, 15) is 4.79 Å². The van der Waals surface area contributed by atoms with Gasteiger partial charge in [0.05, 0.1) is 16.7 Å². The molecule has 0 saturated heterocycles. The van der Waals surface area contributed by atoms with Gasteiger partial charge in [0.25, 0.3) is 5.91 Å². The molecular formula is C16H12N4O. The number of nitrogens with two attached hydrogens (primary N) is 1. The normalized spacial score (nSPS) is 9.48. The number of carbonyl (C=O) groups is 1. The molecule has 2 aromatic rings. The van der Waals surface area contributed by atoms with Crippen LogP contribution < -0.4 is 11.1 Å². The van der Waals surface area contributed by atoms with E-state index in [0.29, 0.717) is 16.9 Å². The molecule has 1 amide bonds. The van der Waals surface area contributed by atoms with Crippen molar-refractivity contribution in [1.82, 2.24) is 0 Å². The van der Waals surface area contributed by atoms with E-state index in [1.807, 2.05) is 19.1 Å². The van der Waals surface area contributed by atoms with Crippen LogP contribution in [0.1, 0.15) is 27.0 Å². The highest BCUT2D eigenvalue weighted by Gasteiger charge is 2.11. The zero-order valence-corrected chi connectivity index (χ0v) is 11.3. The largest absolute Gasteiger partial charge is 0.398 e. The van der Waals surface area contributed by atoms with Crippen LogP contribution >= 0.6 is 0 Å². The Morgan fingerprint density at radius 1 is 1.10 bits per heavy atom. The Bertz CT molecular complexity index is 797. The van der Waals surface area contributed by atoms with Crippen molar-refractivity contribution in [3.8, 4) is 12.1 Å². The predicted molar refractivity (Wildman–Crippen MR) is 79.4 cm³/mol. The first-order valence-electron chi connectivity index (χ1n) is 6.17. The van der Waals surface area contributed by atoms with Crippen molar-refractivity contribution >= 4 is 17.3 Å². The molecule has 2 aromatic carbocycles. The van der Waals surface area contributed by atoms with Gasteiger partial charge in [0.1, 0.15) is 12.1 Å². The molecule has 0 unspecified atom stereocenters. The molecule has 21 heavy (non-hydrogen) atoms. The minimum absolute atomic E-state index is 0.215. The van der Waals surface area contributed by atoms with Gasteiger partial charge >= 0.3 is 0 Å². The van der Waals surface area contributed by atoms with E-state index in [1.165, 1.54) is 12.1 Å². The van der Waals surface area contributed by atoms with Crippen molar-refractivity contribution in [2.24, 2.45) is 0 Å². The Morgan fingerprint density at radius 2 is 1.81 bits per heavy atom. The molecule has 0 atom stereocenters. The number of nitrogens with zero attached hydrogens (tertiary/aromatic N) is 2. The topological polar surface area (TPSA) is 103 Å². The quantitative estimate of drug-likeness (QED) is 0.823. The van der Waals surface area contributed by atoms with Crippen molar-refractivity contribution in [2.45, 2.75) is 6.92 Å². The second kappa shape index (κ2) is 5.77. The number of nitrogens with one attached hydrogen (secondary N) is 1. The standard InChI is InChI=1S/C16H12N4O/c1-10-2-5-14(15(19)6-10)16(21)20-13-4-3-11(8-17)12(7-13)9-18/h2-7H,19H2,1H3,(H,20,21). The lowest BCUT2D eigenvalue weighted by Gasteiger charge is -2.08. The Labute approximate surface area is 122 Å². The number of anilines is 2. The Hall–Kier alpha value is -3.31. The number of hydrogen-bond acceptors (Lipinski definition) is 4. The van der Waals surface area contributed by atoms with Crippen molar-refractivity contribution < 1.29 is 4.79 Å². The number of hydrogen-bond donors (Lipinski definition) is 2. The number of nitrogen functional groups attached to an aromatic ring is 1. The SMILES string of the molecule is Cc1ccc(C(=O)Nc2ccc(C#N)c(C#N)c2)c(N)c1. The van der Waals surface area contributed by atoms with Crippen LogP contribution in [0.2, 0.25) is 0 Å². The van der Waals surface area contributed by atoms with E-state index < -0.39 is 0 Å². The lowest BCUT2D eigenvalue weighted by molar-refractivity contribution is 0.102. The minimum atomic E-state index is -0.360. The summed E-state index contributed by atoms with van der Waals surface area (Å²) in [7, 11) is 0. The molecule has 5 nitrogen and oxygen atoms in total. The number of benzene rings is 2. The molecule has 0 aliphatic carbocycles. The van der Waals surface area contributed by atoms with Crippen LogP contribution in [-0.2, 0) is 0 Å². The van der Waals surface area contributed by atoms with Gasteiger partial charge in [-0.2, -0.15) is 10.5 Å². The summed E-state index contributed by atoms with van der Waals surface area (Å²) in [4.78, 5) is 12.2. The molecule has 3 N–H and O–H groups in total. The number of amides is 1. The molecule has 0 fully saturated rings. The van der Waals surface area contributed by atoms with Gasteiger partial charge in [-0.25, -0.2) is 0 Å². The molecule has 5 heteroatoms. The van der Waals surface area contributed by atoms with Crippen LogP contribution in [0.5, 0.6) is 0 Å². The lowest BCUT2D eigenvalue weighted by atomic mass is 10.1. The average Bonchev–Trinajstić information content (AvgIpc) is 2.46. The predicted octanol–water partition coefficient (Wildman–Crippen LogP) is 2.57. The minimum Gasteiger partial charge on any atom is -0.398 e. The van der Waals surface area contributed by atoms with Crippen LogP contribution in [0, 0.1) is 29.6 Å². The van der Waals surface area contributed by atoms with Crippen LogP contribution in [0.4, 0.5) is 11.4 Å². The monoisotopic (exact) mass is 276 g/mol. The molecule has 0 saturated carbocycles. The zero-order chi connectivity index (χ0) is 15.4. The summed E-state index contributed by atoms with van der Waals surface area (Å²) in [6.07, 6.45) is 0. The maximum atomic E-state index is 12.2. The van der Waals surface area contributed by atoms with Crippen molar-refractivity contribution in [2.75, 3.05) is 11.1 Å². The van der Waals surface area contributed by atoms with Crippen LogP contribution in [0.15, 0.2) is 36.4 Å². The second-order valence-electron chi connectivity index (χ2n) is 4.53. The smallest absolute Gasteiger partial charge is 0.257 e. The molecule has 0 aromatic heterocycles. The fourth-order valence-electron chi connectivity index (χ4n) is 1.90. The van der Waals surface area contributed by atoms with Crippen molar-refractivity contribution in [3.63, 3.8) is 0 Å². The molecule has 0 spiro atoms. The number of carbonyl (C=O) groups excluding carboxylic acids is 1. The maximum absolute atomic E-state index is 12.2. The third kappa shape index (κ3) is 2.99. The number of nitriles is 2. The summed E-state index contributed by atoms with van der Waals surface area (Å²) in [5.74, 6) is -0.360.